The number of nitrogens with one attached hydrogen (secondary N) is 1. The maximum absolute atomic E-state index is 11.7. The summed E-state index contributed by atoms with van der Waals surface area (Å²) >= 11 is 0. The summed E-state index contributed by atoms with van der Waals surface area (Å²) < 4.78 is 0. The largest absolute Gasteiger partial charge is 0.342 e. The molecular formula is C10H20N2O. The van der Waals surface area contributed by atoms with Crippen LogP contribution < -0.4 is 5.32 Å². The normalized spacial score (nSPS) is 18.4. The van der Waals surface area contributed by atoms with Crippen LogP contribution in [0, 0.1) is 0 Å². The highest BCUT2D eigenvalue weighted by atomic mass is 16.2. The van der Waals surface area contributed by atoms with Crippen molar-refractivity contribution in [3.8, 4) is 0 Å². The van der Waals surface area contributed by atoms with Crippen LogP contribution in [0.2, 0.25) is 0 Å². The molecule has 0 saturated heterocycles. The fourth-order valence-electron chi connectivity index (χ4n) is 1.48. The van der Waals surface area contributed by atoms with Crippen molar-refractivity contribution < 1.29 is 4.79 Å². The molecule has 0 aromatic carbocycles. The first-order valence-electron chi connectivity index (χ1n) is 5.23. The summed E-state index contributed by atoms with van der Waals surface area (Å²) in [6, 6.07) is 0.599. The molecule has 1 amide bonds. The van der Waals surface area contributed by atoms with Crippen molar-refractivity contribution in [1.82, 2.24) is 10.2 Å². The Kier molecular flexibility index (Phi) is 3.72. The van der Waals surface area contributed by atoms with Gasteiger partial charge in [0, 0.05) is 19.1 Å². The van der Waals surface area contributed by atoms with Crippen LogP contribution in [0.4, 0.5) is 0 Å². The molecule has 0 bridgehead atoms. The number of amides is 1. The zero-order valence-electron chi connectivity index (χ0n) is 8.84. The fraction of sp³-hybridized carbons (Fsp3) is 0.900. The number of hydrogen-bond acceptors (Lipinski definition) is 2. The molecule has 0 radical (unpaired) electrons. The highest BCUT2D eigenvalue weighted by Crippen LogP contribution is 2.19. The summed E-state index contributed by atoms with van der Waals surface area (Å²) in [7, 11) is 0. The lowest BCUT2D eigenvalue weighted by Gasteiger charge is -2.23. The minimum absolute atomic E-state index is 0.00704. The Morgan fingerprint density at radius 2 is 2.00 bits per heavy atom. The molecule has 0 heterocycles. The Morgan fingerprint density at radius 3 is 2.38 bits per heavy atom. The predicted molar refractivity (Wildman–Crippen MR) is 53.5 cm³/mol. The van der Waals surface area contributed by atoms with Gasteiger partial charge in [-0.05, 0) is 33.6 Å². The number of hydrogen-bond donors (Lipinski definition) is 1. The minimum atomic E-state index is -0.00704. The molecule has 1 aliphatic carbocycles. The molecule has 1 N–H and O–H groups in total. The van der Waals surface area contributed by atoms with Gasteiger partial charge in [0.15, 0.2) is 0 Å². The number of nitrogens with zero attached hydrogens (tertiary/aromatic N) is 1. The van der Waals surface area contributed by atoms with Crippen LogP contribution in [-0.4, -0.2) is 36.0 Å². The van der Waals surface area contributed by atoms with Crippen LogP contribution in [0.5, 0.6) is 0 Å². The number of likely N-dealkylation sites (N-methyl/N-ethyl adjacent to an activating group) is 1. The molecule has 0 aromatic rings. The van der Waals surface area contributed by atoms with Gasteiger partial charge < -0.3 is 10.2 Å². The van der Waals surface area contributed by atoms with Gasteiger partial charge in [0.25, 0.3) is 0 Å². The van der Waals surface area contributed by atoms with Gasteiger partial charge in [-0.15, -0.1) is 0 Å². The summed E-state index contributed by atoms with van der Waals surface area (Å²) in [5, 5.41) is 3.31. The van der Waals surface area contributed by atoms with E-state index in [1.807, 2.05) is 25.7 Å². The second kappa shape index (κ2) is 4.61. The lowest BCUT2D eigenvalue weighted by Crippen LogP contribution is -2.45. The molecular weight excluding hydrogens is 164 g/mol. The summed E-state index contributed by atoms with van der Waals surface area (Å²) in [6.45, 7) is 7.62. The van der Waals surface area contributed by atoms with Crippen LogP contribution in [0.15, 0.2) is 0 Å². The van der Waals surface area contributed by atoms with Gasteiger partial charge in [-0.3, -0.25) is 4.79 Å². The Hall–Kier alpha value is -0.570. The molecule has 1 fully saturated rings. The lowest BCUT2D eigenvalue weighted by atomic mass is 10.3. The van der Waals surface area contributed by atoms with Crippen molar-refractivity contribution in [2.45, 2.75) is 45.7 Å². The first kappa shape index (κ1) is 10.5. The SMILES string of the molecule is CCN(CC)C(=O)C(C)NC1CC1. The van der Waals surface area contributed by atoms with E-state index in [0.717, 1.165) is 13.1 Å². The number of carbonyl (C=O) groups excluding carboxylic acids is 1. The zero-order valence-corrected chi connectivity index (χ0v) is 8.84. The summed E-state index contributed by atoms with van der Waals surface area (Å²) in [6.07, 6.45) is 2.46. The minimum Gasteiger partial charge on any atom is -0.342 e. The van der Waals surface area contributed by atoms with E-state index in [1.54, 1.807) is 0 Å². The molecule has 1 aliphatic rings. The van der Waals surface area contributed by atoms with Crippen LogP contribution in [-0.2, 0) is 4.79 Å². The van der Waals surface area contributed by atoms with Crippen LogP contribution in [0.3, 0.4) is 0 Å². The predicted octanol–water partition coefficient (Wildman–Crippen LogP) is 0.995. The monoisotopic (exact) mass is 184 g/mol. The molecule has 0 aliphatic heterocycles. The van der Waals surface area contributed by atoms with Crippen molar-refractivity contribution in [3.05, 3.63) is 0 Å². The van der Waals surface area contributed by atoms with Gasteiger partial charge in [-0.1, -0.05) is 0 Å². The first-order chi connectivity index (χ1) is 6.19. The zero-order chi connectivity index (χ0) is 9.84. The molecule has 0 spiro atoms. The molecule has 3 heteroatoms. The average molecular weight is 184 g/mol. The number of carbonyl (C=O) groups is 1. The quantitative estimate of drug-likeness (QED) is 0.691. The second-order valence-electron chi connectivity index (χ2n) is 3.67. The van der Waals surface area contributed by atoms with Gasteiger partial charge >= 0.3 is 0 Å². The van der Waals surface area contributed by atoms with Crippen molar-refractivity contribution in [2.24, 2.45) is 0 Å². The Morgan fingerprint density at radius 1 is 1.46 bits per heavy atom. The molecule has 1 saturated carbocycles. The van der Waals surface area contributed by atoms with Gasteiger partial charge in [-0.25, -0.2) is 0 Å². The topological polar surface area (TPSA) is 32.3 Å². The van der Waals surface area contributed by atoms with E-state index in [0.29, 0.717) is 6.04 Å². The lowest BCUT2D eigenvalue weighted by molar-refractivity contribution is -0.132. The van der Waals surface area contributed by atoms with Crippen LogP contribution in [0.1, 0.15) is 33.6 Å². The van der Waals surface area contributed by atoms with Crippen molar-refractivity contribution in [1.29, 1.82) is 0 Å². The third-order valence-electron chi connectivity index (χ3n) is 2.51. The summed E-state index contributed by atoms with van der Waals surface area (Å²) in [5.74, 6) is 0.233. The highest BCUT2D eigenvalue weighted by molar-refractivity contribution is 5.81. The molecule has 3 nitrogen and oxygen atoms in total. The average Bonchev–Trinajstić information content (AvgIpc) is 2.90. The smallest absolute Gasteiger partial charge is 0.239 e. The molecule has 76 valence electrons. The molecule has 1 atom stereocenters. The Labute approximate surface area is 80.5 Å². The van der Waals surface area contributed by atoms with Gasteiger partial charge in [0.2, 0.25) is 5.91 Å². The van der Waals surface area contributed by atoms with Gasteiger partial charge in [-0.2, -0.15) is 0 Å². The third kappa shape index (κ3) is 2.99. The molecule has 0 aromatic heterocycles. The molecule has 1 unspecified atom stereocenters. The Bertz CT molecular complexity index is 174. The van der Waals surface area contributed by atoms with Crippen molar-refractivity contribution >= 4 is 5.91 Å². The summed E-state index contributed by atoms with van der Waals surface area (Å²) in [4.78, 5) is 13.6. The molecule has 1 rings (SSSR count). The first-order valence-corrected chi connectivity index (χ1v) is 5.23. The summed E-state index contributed by atoms with van der Waals surface area (Å²) in [5.41, 5.74) is 0. The van der Waals surface area contributed by atoms with E-state index >= 15 is 0 Å². The maximum atomic E-state index is 11.7. The van der Waals surface area contributed by atoms with Crippen molar-refractivity contribution in [2.75, 3.05) is 13.1 Å². The van der Waals surface area contributed by atoms with Crippen LogP contribution in [0.25, 0.3) is 0 Å². The van der Waals surface area contributed by atoms with Gasteiger partial charge in [0.1, 0.15) is 0 Å². The fourth-order valence-corrected chi connectivity index (χ4v) is 1.48. The Balaban J connectivity index is 2.33. The van der Waals surface area contributed by atoms with Crippen LogP contribution >= 0.6 is 0 Å². The van der Waals surface area contributed by atoms with E-state index in [4.69, 9.17) is 0 Å². The van der Waals surface area contributed by atoms with E-state index in [2.05, 4.69) is 5.32 Å². The van der Waals surface area contributed by atoms with E-state index in [1.165, 1.54) is 12.8 Å². The molecule has 13 heavy (non-hydrogen) atoms. The van der Waals surface area contributed by atoms with E-state index < -0.39 is 0 Å². The second-order valence-corrected chi connectivity index (χ2v) is 3.67. The van der Waals surface area contributed by atoms with E-state index in [-0.39, 0.29) is 11.9 Å². The van der Waals surface area contributed by atoms with E-state index in [9.17, 15) is 4.79 Å². The maximum Gasteiger partial charge on any atom is 0.239 e. The number of rotatable bonds is 5. The standard InChI is InChI=1S/C10H20N2O/c1-4-12(5-2)10(13)8(3)11-9-6-7-9/h8-9,11H,4-7H2,1-3H3. The van der Waals surface area contributed by atoms with Crippen molar-refractivity contribution in [3.63, 3.8) is 0 Å². The highest BCUT2D eigenvalue weighted by Gasteiger charge is 2.27. The third-order valence-corrected chi connectivity index (χ3v) is 2.51. The van der Waals surface area contributed by atoms with Gasteiger partial charge in [0.05, 0.1) is 6.04 Å².